The topological polar surface area (TPSA) is 57.6 Å². The molecule has 4 heteroatoms. The summed E-state index contributed by atoms with van der Waals surface area (Å²) in [5.41, 5.74) is 1.11. The van der Waals surface area contributed by atoms with Crippen LogP contribution in [0.5, 0.6) is 0 Å². The second-order valence-electron chi connectivity index (χ2n) is 7.56. The first-order valence-electron chi connectivity index (χ1n) is 9.65. The number of amides is 1. The van der Waals surface area contributed by atoms with Crippen LogP contribution in [0.3, 0.4) is 0 Å². The van der Waals surface area contributed by atoms with Gasteiger partial charge in [-0.15, -0.1) is 0 Å². The van der Waals surface area contributed by atoms with E-state index in [1.807, 2.05) is 24.3 Å². The molecule has 1 heterocycles. The van der Waals surface area contributed by atoms with Gasteiger partial charge in [-0.25, -0.2) is 0 Å². The molecule has 0 saturated heterocycles. The van der Waals surface area contributed by atoms with Crippen LogP contribution in [0.4, 0.5) is 5.69 Å². The van der Waals surface area contributed by atoms with E-state index in [1.54, 1.807) is 29.2 Å². The van der Waals surface area contributed by atoms with Gasteiger partial charge in [0.1, 0.15) is 0 Å². The number of carbonyl (C=O) groups is 2. The predicted octanol–water partition coefficient (Wildman–Crippen LogP) is 4.42. The first-order valence-corrected chi connectivity index (χ1v) is 9.65. The minimum Gasteiger partial charge on any atom is -0.375 e. The summed E-state index contributed by atoms with van der Waals surface area (Å²) in [5, 5.41) is 11.2. The molecular formula is C23H27NO3. The average Bonchev–Trinajstić information content (AvgIpc) is 2.88. The quantitative estimate of drug-likeness (QED) is 0.739. The second-order valence-corrected chi connectivity index (χ2v) is 7.56. The Kier molecular flexibility index (Phi) is 5.47. The van der Waals surface area contributed by atoms with Gasteiger partial charge >= 0.3 is 0 Å². The molecule has 0 aromatic heterocycles. The molecule has 0 saturated carbocycles. The molecule has 2 aromatic carbocycles. The number of unbranched alkanes of at least 4 members (excludes halogenated alkanes) is 1. The molecule has 1 atom stereocenters. The monoisotopic (exact) mass is 365 g/mol. The molecule has 0 bridgehead atoms. The SMILES string of the molecule is CCCCN1C(=O)[C@](O)(CC(=O)c2ccc(C(C)C)cc2)c2ccccc21. The number of nitrogens with zero attached hydrogens (tertiary/aromatic N) is 1. The Balaban J connectivity index is 1.88. The Morgan fingerprint density at radius 3 is 2.41 bits per heavy atom. The Hall–Kier alpha value is -2.46. The zero-order chi connectivity index (χ0) is 19.6. The lowest BCUT2D eigenvalue weighted by Crippen LogP contribution is -2.42. The van der Waals surface area contributed by atoms with Crippen LogP contribution in [0.25, 0.3) is 0 Å². The summed E-state index contributed by atoms with van der Waals surface area (Å²) < 4.78 is 0. The first-order chi connectivity index (χ1) is 12.9. The van der Waals surface area contributed by atoms with Crippen molar-refractivity contribution in [2.75, 3.05) is 11.4 Å². The molecule has 1 aliphatic heterocycles. The van der Waals surface area contributed by atoms with E-state index in [0.29, 0.717) is 29.3 Å². The van der Waals surface area contributed by atoms with Crippen molar-refractivity contribution in [2.45, 2.75) is 51.6 Å². The number of fused-ring (bicyclic) bond motifs is 1. The summed E-state index contributed by atoms with van der Waals surface area (Å²) in [6.45, 7) is 6.80. The van der Waals surface area contributed by atoms with Crippen LogP contribution in [0, 0.1) is 0 Å². The normalized spacial score (nSPS) is 18.9. The fourth-order valence-electron chi connectivity index (χ4n) is 3.60. The van der Waals surface area contributed by atoms with Crippen molar-refractivity contribution < 1.29 is 14.7 Å². The van der Waals surface area contributed by atoms with Crippen molar-refractivity contribution >= 4 is 17.4 Å². The molecule has 142 valence electrons. The number of carbonyl (C=O) groups excluding carboxylic acids is 2. The molecule has 4 nitrogen and oxygen atoms in total. The Morgan fingerprint density at radius 2 is 1.78 bits per heavy atom. The number of hydrogen-bond donors (Lipinski definition) is 1. The number of hydrogen-bond acceptors (Lipinski definition) is 3. The largest absolute Gasteiger partial charge is 0.375 e. The van der Waals surface area contributed by atoms with Crippen molar-refractivity contribution in [3.63, 3.8) is 0 Å². The lowest BCUT2D eigenvalue weighted by Gasteiger charge is -2.22. The maximum Gasteiger partial charge on any atom is 0.264 e. The van der Waals surface area contributed by atoms with Crippen LogP contribution in [0.2, 0.25) is 0 Å². The highest BCUT2D eigenvalue weighted by atomic mass is 16.3. The van der Waals surface area contributed by atoms with Gasteiger partial charge in [0.2, 0.25) is 0 Å². The van der Waals surface area contributed by atoms with Crippen molar-refractivity contribution in [3.05, 3.63) is 65.2 Å². The summed E-state index contributed by atoms with van der Waals surface area (Å²) in [4.78, 5) is 27.5. The number of para-hydroxylation sites is 1. The van der Waals surface area contributed by atoms with Gasteiger partial charge in [0.25, 0.3) is 5.91 Å². The number of benzene rings is 2. The zero-order valence-electron chi connectivity index (χ0n) is 16.2. The van der Waals surface area contributed by atoms with E-state index in [1.165, 1.54) is 0 Å². The van der Waals surface area contributed by atoms with Gasteiger partial charge in [-0.3, -0.25) is 9.59 Å². The standard InChI is InChI=1S/C23H27NO3/c1-4-5-14-24-20-9-7-6-8-19(20)23(27,22(24)26)15-21(25)18-12-10-17(11-13-18)16(2)3/h6-13,16,27H,4-5,14-15H2,1-3H3/t23-/m0/s1. The molecule has 1 N–H and O–H groups in total. The maximum atomic E-state index is 13.0. The van der Waals surface area contributed by atoms with E-state index >= 15 is 0 Å². The molecule has 0 radical (unpaired) electrons. The van der Waals surface area contributed by atoms with Crippen LogP contribution >= 0.6 is 0 Å². The van der Waals surface area contributed by atoms with E-state index in [2.05, 4.69) is 20.8 Å². The third-order valence-electron chi connectivity index (χ3n) is 5.29. The number of rotatable bonds is 7. The van der Waals surface area contributed by atoms with E-state index in [0.717, 1.165) is 18.4 Å². The highest BCUT2D eigenvalue weighted by Gasteiger charge is 2.50. The summed E-state index contributed by atoms with van der Waals surface area (Å²) in [6, 6.07) is 14.6. The first kappa shape index (κ1) is 19.3. The summed E-state index contributed by atoms with van der Waals surface area (Å²) >= 11 is 0. The van der Waals surface area contributed by atoms with Gasteiger partial charge in [-0.1, -0.05) is 69.7 Å². The van der Waals surface area contributed by atoms with E-state index < -0.39 is 11.5 Å². The van der Waals surface area contributed by atoms with Crippen LogP contribution in [-0.4, -0.2) is 23.3 Å². The van der Waals surface area contributed by atoms with Crippen LogP contribution in [-0.2, 0) is 10.4 Å². The van der Waals surface area contributed by atoms with Gasteiger partial charge in [0.05, 0.1) is 12.1 Å². The number of ketones is 1. The lowest BCUT2D eigenvalue weighted by atomic mass is 9.87. The fourth-order valence-corrected chi connectivity index (χ4v) is 3.60. The summed E-state index contributed by atoms with van der Waals surface area (Å²) in [5.74, 6) is -0.244. The number of anilines is 1. The molecule has 1 amide bonds. The lowest BCUT2D eigenvalue weighted by molar-refractivity contribution is -0.135. The highest BCUT2D eigenvalue weighted by molar-refractivity contribution is 6.10. The Bertz CT molecular complexity index is 841. The number of Topliss-reactive ketones (excluding diaryl/α,β-unsaturated/α-hetero) is 1. The molecule has 27 heavy (non-hydrogen) atoms. The van der Waals surface area contributed by atoms with Crippen molar-refractivity contribution in [1.82, 2.24) is 0 Å². The van der Waals surface area contributed by atoms with Gasteiger partial charge < -0.3 is 10.0 Å². The van der Waals surface area contributed by atoms with E-state index in [-0.39, 0.29) is 12.2 Å². The molecule has 3 rings (SSSR count). The Morgan fingerprint density at radius 1 is 1.11 bits per heavy atom. The van der Waals surface area contributed by atoms with Crippen molar-refractivity contribution in [1.29, 1.82) is 0 Å². The minimum absolute atomic E-state index is 0.228. The predicted molar refractivity (Wildman–Crippen MR) is 107 cm³/mol. The third-order valence-corrected chi connectivity index (χ3v) is 5.29. The Labute approximate surface area is 160 Å². The third kappa shape index (κ3) is 3.54. The zero-order valence-corrected chi connectivity index (χ0v) is 16.2. The van der Waals surface area contributed by atoms with E-state index in [9.17, 15) is 14.7 Å². The molecule has 2 aromatic rings. The minimum atomic E-state index is -1.79. The molecule has 1 aliphatic rings. The van der Waals surface area contributed by atoms with Gasteiger partial charge in [-0.2, -0.15) is 0 Å². The molecule has 0 fully saturated rings. The van der Waals surface area contributed by atoms with Gasteiger partial charge in [0.15, 0.2) is 11.4 Å². The highest BCUT2D eigenvalue weighted by Crippen LogP contribution is 2.42. The van der Waals surface area contributed by atoms with Crippen LogP contribution < -0.4 is 4.90 Å². The van der Waals surface area contributed by atoms with Crippen molar-refractivity contribution in [3.8, 4) is 0 Å². The molecule has 0 aliphatic carbocycles. The second kappa shape index (κ2) is 7.65. The van der Waals surface area contributed by atoms with Crippen molar-refractivity contribution in [2.24, 2.45) is 0 Å². The van der Waals surface area contributed by atoms with Crippen LogP contribution in [0.15, 0.2) is 48.5 Å². The average molecular weight is 365 g/mol. The number of aliphatic hydroxyl groups is 1. The van der Waals surface area contributed by atoms with Gasteiger partial charge in [-0.05, 0) is 24.0 Å². The summed E-state index contributed by atoms with van der Waals surface area (Å²) in [6.07, 6.45) is 1.55. The molecule has 0 unspecified atom stereocenters. The molecule has 0 spiro atoms. The van der Waals surface area contributed by atoms with Gasteiger partial charge in [0, 0.05) is 17.7 Å². The molecular weight excluding hydrogens is 338 g/mol. The maximum absolute atomic E-state index is 13.0. The smallest absolute Gasteiger partial charge is 0.264 e. The van der Waals surface area contributed by atoms with Crippen LogP contribution in [0.1, 0.15) is 67.4 Å². The van der Waals surface area contributed by atoms with E-state index in [4.69, 9.17) is 0 Å². The fraction of sp³-hybridized carbons (Fsp3) is 0.391. The summed E-state index contributed by atoms with van der Waals surface area (Å²) in [7, 11) is 0.